The van der Waals surface area contributed by atoms with Gasteiger partial charge in [-0.3, -0.25) is 14.0 Å². The average molecular weight is 346 g/mol. The minimum atomic E-state index is -0.797. The molecule has 0 spiro atoms. The van der Waals surface area contributed by atoms with E-state index in [9.17, 15) is 14.4 Å². The number of nitrogens with zero attached hydrogens (tertiary/aromatic N) is 4. The van der Waals surface area contributed by atoms with E-state index < -0.39 is 5.97 Å². The fourth-order valence-electron chi connectivity index (χ4n) is 3.33. The third-order valence-electron chi connectivity index (χ3n) is 4.66. The lowest BCUT2D eigenvalue weighted by molar-refractivity contribution is -0.137. The lowest BCUT2D eigenvalue weighted by Crippen LogP contribution is -2.40. The van der Waals surface area contributed by atoms with Gasteiger partial charge in [-0.2, -0.15) is 0 Å². The van der Waals surface area contributed by atoms with Gasteiger partial charge in [-0.05, 0) is 37.3 Å². The highest BCUT2D eigenvalue weighted by molar-refractivity contribution is 5.76. The third-order valence-corrected chi connectivity index (χ3v) is 4.66. The number of hydrogen-bond donors (Lipinski definition) is 1. The maximum absolute atomic E-state index is 12.4. The molecule has 3 rings (SSSR count). The van der Waals surface area contributed by atoms with Gasteiger partial charge in [0.05, 0.1) is 6.54 Å². The topological polar surface area (TPSA) is 96.9 Å². The first-order valence-corrected chi connectivity index (χ1v) is 8.58. The second-order valence-corrected chi connectivity index (χ2v) is 6.46. The summed E-state index contributed by atoms with van der Waals surface area (Å²) >= 11 is 0. The normalized spacial score (nSPS) is 17.8. The predicted octanol–water partition coefficient (Wildman–Crippen LogP) is 0.989. The molecule has 1 unspecified atom stereocenters. The molecule has 0 aliphatic carbocycles. The molecule has 1 aliphatic rings. The van der Waals surface area contributed by atoms with Crippen LogP contribution in [0.15, 0.2) is 29.2 Å². The van der Waals surface area contributed by atoms with Crippen LogP contribution in [0.25, 0.3) is 5.65 Å². The Bertz CT molecular complexity index is 825. The number of aromatic nitrogens is 3. The van der Waals surface area contributed by atoms with E-state index in [0.29, 0.717) is 25.2 Å². The maximum Gasteiger partial charge on any atom is 0.350 e. The quantitative estimate of drug-likeness (QED) is 0.841. The molecule has 1 amide bonds. The summed E-state index contributed by atoms with van der Waals surface area (Å²) < 4.78 is 2.77. The van der Waals surface area contributed by atoms with Gasteiger partial charge in [-0.15, -0.1) is 5.10 Å². The Kier molecular flexibility index (Phi) is 5.16. The molecule has 8 heteroatoms. The molecule has 1 atom stereocenters. The Morgan fingerprint density at radius 3 is 2.88 bits per heavy atom. The van der Waals surface area contributed by atoms with Gasteiger partial charge in [-0.1, -0.05) is 6.07 Å². The molecule has 0 radical (unpaired) electrons. The van der Waals surface area contributed by atoms with Gasteiger partial charge in [0, 0.05) is 32.1 Å². The monoisotopic (exact) mass is 346 g/mol. The van der Waals surface area contributed by atoms with Crippen molar-refractivity contribution >= 4 is 17.5 Å². The average Bonchev–Trinajstić information content (AvgIpc) is 2.94. The molecule has 1 saturated heterocycles. The highest BCUT2D eigenvalue weighted by Crippen LogP contribution is 2.21. The van der Waals surface area contributed by atoms with E-state index in [1.165, 1.54) is 9.08 Å². The van der Waals surface area contributed by atoms with Crippen molar-refractivity contribution in [3.63, 3.8) is 0 Å². The third kappa shape index (κ3) is 4.07. The van der Waals surface area contributed by atoms with Crippen LogP contribution >= 0.6 is 0 Å². The van der Waals surface area contributed by atoms with Crippen molar-refractivity contribution in [1.29, 1.82) is 0 Å². The molecule has 0 saturated carbocycles. The zero-order chi connectivity index (χ0) is 17.8. The van der Waals surface area contributed by atoms with Crippen LogP contribution in [-0.2, 0) is 16.1 Å². The Balaban J connectivity index is 1.57. The maximum atomic E-state index is 12.4. The number of aryl methyl sites for hydroxylation is 1. The lowest BCUT2D eigenvalue weighted by atomic mass is 9.93. The van der Waals surface area contributed by atoms with E-state index in [0.717, 1.165) is 12.8 Å². The summed E-state index contributed by atoms with van der Waals surface area (Å²) in [6, 6.07) is 5.32. The van der Waals surface area contributed by atoms with Crippen molar-refractivity contribution in [2.24, 2.45) is 5.92 Å². The van der Waals surface area contributed by atoms with Crippen molar-refractivity contribution in [2.75, 3.05) is 13.1 Å². The van der Waals surface area contributed by atoms with Gasteiger partial charge >= 0.3 is 11.7 Å². The minimum absolute atomic E-state index is 0.0102. The van der Waals surface area contributed by atoms with Crippen LogP contribution in [-0.4, -0.2) is 49.2 Å². The zero-order valence-electron chi connectivity index (χ0n) is 14.0. The predicted molar refractivity (Wildman–Crippen MR) is 90.2 cm³/mol. The summed E-state index contributed by atoms with van der Waals surface area (Å²) in [5.74, 6) is -0.564. The number of amides is 1. The van der Waals surface area contributed by atoms with Gasteiger partial charge in [0.1, 0.15) is 0 Å². The molecule has 0 bridgehead atoms. The number of aliphatic carboxylic acids is 1. The van der Waals surface area contributed by atoms with E-state index in [1.54, 1.807) is 23.2 Å². The number of fused-ring (bicyclic) bond motifs is 1. The zero-order valence-corrected chi connectivity index (χ0v) is 14.0. The second-order valence-electron chi connectivity index (χ2n) is 6.46. The van der Waals surface area contributed by atoms with Crippen LogP contribution in [0.5, 0.6) is 0 Å². The van der Waals surface area contributed by atoms with Crippen LogP contribution in [0.1, 0.15) is 32.1 Å². The summed E-state index contributed by atoms with van der Waals surface area (Å²) in [4.78, 5) is 37.1. The summed E-state index contributed by atoms with van der Waals surface area (Å²) in [7, 11) is 0. The molecule has 1 N–H and O–H groups in total. The van der Waals surface area contributed by atoms with E-state index in [-0.39, 0.29) is 36.9 Å². The van der Waals surface area contributed by atoms with E-state index in [4.69, 9.17) is 5.11 Å². The van der Waals surface area contributed by atoms with Crippen molar-refractivity contribution in [3.8, 4) is 0 Å². The van der Waals surface area contributed by atoms with Crippen molar-refractivity contribution < 1.29 is 14.7 Å². The van der Waals surface area contributed by atoms with Gasteiger partial charge < -0.3 is 10.0 Å². The van der Waals surface area contributed by atoms with Gasteiger partial charge in [-0.25, -0.2) is 9.48 Å². The van der Waals surface area contributed by atoms with E-state index >= 15 is 0 Å². The van der Waals surface area contributed by atoms with Crippen molar-refractivity contribution in [1.82, 2.24) is 19.1 Å². The highest BCUT2D eigenvalue weighted by atomic mass is 16.4. The summed E-state index contributed by atoms with van der Waals surface area (Å²) in [6.07, 6.45) is 4.47. The number of pyridine rings is 1. The first-order chi connectivity index (χ1) is 12.0. The smallest absolute Gasteiger partial charge is 0.350 e. The second kappa shape index (κ2) is 7.50. The summed E-state index contributed by atoms with van der Waals surface area (Å²) in [6.45, 7) is 1.55. The number of rotatable bonds is 6. The summed E-state index contributed by atoms with van der Waals surface area (Å²) in [5, 5.41) is 13.0. The van der Waals surface area contributed by atoms with Crippen LogP contribution in [0.4, 0.5) is 0 Å². The molecular formula is C17H22N4O4. The molecule has 2 aromatic rings. The molecule has 2 aromatic heterocycles. The molecule has 0 aromatic carbocycles. The molecule has 1 fully saturated rings. The fraction of sp³-hybridized carbons (Fsp3) is 0.529. The SMILES string of the molecule is O=C(O)CCC1CCCN(C(=O)CCn2nc3ccccn3c2=O)C1. The first kappa shape index (κ1) is 17.2. The van der Waals surface area contributed by atoms with Crippen molar-refractivity contribution in [3.05, 3.63) is 34.9 Å². The summed E-state index contributed by atoms with van der Waals surface area (Å²) in [5.41, 5.74) is 0.313. The van der Waals surface area contributed by atoms with E-state index in [2.05, 4.69) is 5.10 Å². The van der Waals surface area contributed by atoms with Crippen LogP contribution in [0.2, 0.25) is 0 Å². The fourth-order valence-corrected chi connectivity index (χ4v) is 3.33. The largest absolute Gasteiger partial charge is 0.481 e. The Morgan fingerprint density at radius 2 is 2.12 bits per heavy atom. The number of piperidine rings is 1. The van der Waals surface area contributed by atoms with Gasteiger partial charge in [0.25, 0.3) is 0 Å². The Morgan fingerprint density at radius 1 is 1.28 bits per heavy atom. The van der Waals surface area contributed by atoms with Gasteiger partial charge in [0.2, 0.25) is 5.91 Å². The molecule has 1 aliphatic heterocycles. The van der Waals surface area contributed by atoms with Crippen molar-refractivity contribution in [2.45, 2.75) is 38.6 Å². The number of carbonyl (C=O) groups excluding carboxylic acids is 1. The number of hydrogen-bond acceptors (Lipinski definition) is 4. The molecule has 8 nitrogen and oxygen atoms in total. The van der Waals surface area contributed by atoms with Crippen LogP contribution in [0, 0.1) is 5.92 Å². The highest BCUT2D eigenvalue weighted by Gasteiger charge is 2.24. The number of carboxylic acids is 1. The lowest BCUT2D eigenvalue weighted by Gasteiger charge is -2.32. The number of carbonyl (C=O) groups is 2. The van der Waals surface area contributed by atoms with E-state index in [1.807, 2.05) is 6.07 Å². The number of carboxylic acid groups (broad SMARTS) is 1. The first-order valence-electron chi connectivity index (χ1n) is 8.58. The Labute approximate surface area is 144 Å². The van der Waals surface area contributed by atoms with Crippen LogP contribution in [0.3, 0.4) is 0 Å². The standard InChI is InChI=1S/C17H22N4O4/c22-15(19-9-3-4-13(12-19)6-7-16(23)24)8-11-21-17(25)20-10-2-1-5-14(20)18-21/h1-2,5,10,13H,3-4,6-9,11-12H2,(H,23,24). The minimum Gasteiger partial charge on any atom is -0.481 e. The molecule has 3 heterocycles. The van der Waals surface area contributed by atoms with Gasteiger partial charge in [0.15, 0.2) is 5.65 Å². The molecule has 134 valence electrons. The number of likely N-dealkylation sites (tertiary alicyclic amines) is 1. The Hall–Kier alpha value is -2.64. The van der Waals surface area contributed by atoms with Crippen LogP contribution < -0.4 is 5.69 Å². The molecule has 25 heavy (non-hydrogen) atoms. The molecular weight excluding hydrogens is 324 g/mol.